The highest BCUT2D eigenvalue weighted by Crippen LogP contribution is 2.39. The summed E-state index contributed by atoms with van der Waals surface area (Å²) >= 11 is 6.24. The number of carbonyl (C=O) groups is 1. The van der Waals surface area contributed by atoms with Crippen LogP contribution in [-0.2, 0) is 27.8 Å². The average molecular weight is 429 g/mol. The van der Waals surface area contributed by atoms with E-state index in [-0.39, 0.29) is 12.3 Å². The van der Waals surface area contributed by atoms with Crippen molar-refractivity contribution in [3.8, 4) is 11.1 Å². The Morgan fingerprint density at radius 2 is 1.97 bits per heavy atom. The minimum absolute atomic E-state index is 0.0886. The highest BCUT2D eigenvalue weighted by Gasteiger charge is 2.20. The Labute approximate surface area is 173 Å². The lowest BCUT2D eigenvalue weighted by molar-refractivity contribution is -0.137. The first-order valence-electron chi connectivity index (χ1n) is 8.85. The van der Waals surface area contributed by atoms with Gasteiger partial charge in [-0.25, -0.2) is 8.42 Å². The van der Waals surface area contributed by atoms with Crippen LogP contribution in [0.4, 0.5) is 0 Å². The molecule has 4 aromatic rings. The molecule has 2 aromatic heterocycles. The van der Waals surface area contributed by atoms with Crippen molar-refractivity contribution in [1.29, 1.82) is 0 Å². The van der Waals surface area contributed by atoms with Crippen LogP contribution in [0.3, 0.4) is 0 Å². The maximum Gasteiger partial charge on any atom is 0.323 e. The Morgan fingerprint density at radius 3 is 2.69 bits per heavy atom. The molecular weight excluding hydrogens is 412 g/mol. The third-order valence-electron chi connectivity index (χ3n) is 5.00. The Bertz CT molecular complexity index is 1350. The summed E-state index contributed by atoms with van der Waals surface area (Å²) in [6, 6.07) is 12.7. The molecule has 0 saturated heterocycles. The minimum Gasteiger partial charge on any atom is -0.480 e. The number of carboxylic acid groups (broad SMARTS) is 1. The van der Waals surface area contributed by atoms with Crippen LogP contribution in [0, 0.1) is 6.92 Å². The number of aromatic nitrogens is 2. The predicted octanol–water partition coefficient (Wildman–Crippen LogP) is 4.01. The zero-order chi connectivity index (χ0) is 20.7. The van der Waals surface area contributed by atoms with Crippen molar-refractivity contribution in [2.24, 2.45) is 0 Å². The van der Waals surface area contributed by atoms with Crippen molar-refractivity contribution in [3.05, 3.63) is 64.9 Å². The van der Waals surface area contributed by atoms with Crippen LogP contribution in [0.25, 0.3) is 32.9 Å². The zero-order valence-corrected chi connectivity index (χ0v) is 17.1. The molecule has 0 aliphatic rings. The molecule has 4 rings (SSSR count). The van der Waals surface area contributed by atoms with E-state index in [0.29, 0.717) is 16.1 Å². The van der Waals surface area contributed by atoms with Crippen LogP contribution in [0.1, 0.15) is 11.3 Å². The minimum atomic E-state index is -2.59. The lowest BCUT2D eigenvalue weighted by Crippen LogP contribution is -2.09. The van der Waals surface area contributed by atoms with Gasteiger partial charge >= 0.3 is 5.97 Å². The standard InChI is InChI=1S/C21H17ClN2O4S/c1-12-20(17-9-14(22)5-6-18(17)24(12)10-19(25)26)15-7-8-23-21-13(11-29(27)28)3-2-4-16(15)21/h2-9,29H,10-11H2,1H3,(H,25,26). The molecule has 0 fully saturated rings. The second kappa shape index (κ2) is 7.50. The van der Waals surface area contributed by atoms with Crippen LogP contribution in [0.15, 0.2) is 48.7 Å². The lowest BCUT2D eigenvalue weighted by Gasteiger charge is -2.10. The molecule has 0 spiro atoms. The van der Waals surface area contributed by atoms with Gasteiger partial charge in [0, 0.05) is 38.8 Å². The zero-order valence-electron chi connectivity index (χ0n) is 15.4. The number of carboxylic acids is 1. The van der Waals surface area contributed by atoms with Gasteiger partial charge in [-0.3, -0.25) is 9.78 Å². The van der Waals surface area contributed by atoms with Gasteiger partial charge in [0.15, 0.2) is 0 Å². The summed E-state index contributed by atoms with van der Waals surface area (Å²) in [5.74, 6) is -1.03. The van der Waals surface area contributed by atoms with Gasteiger partial charge in [0.1, 0.15) is 17.2 Å². The Kier molecular flexibility index (Phi) is 5.02. The number of halogens is 1. The fourth-order valence-corrected chi connectivity index (χ4v) is 4.56. The highest BCUT2D eigenvalue weighted by molar-refractivity contribution is 7.71. The van der Waals surface area contributed by atoms with Gasteiger partial charge in [0.05, 0.1) is 11.3 Å². The van der Waals surface area contributed by atoms with E-state index >= 15 is 0 Å². The number of fused-ring (bicyclic) bond motifs is 2. The number of para-hydroxylation sites is 1. The van der Waals surface area contributed by atoms with Crippen LogP contribution < -0.4 is 0 Å². The van der Waals surface area contributed by atoms with Crippen LogP contribution >= 0.6 is 11.6 Å². The Morgan fingerprint density at radius 1 is 1.17 bits per heavy atom. The van der Waals surface area contributed by atoms with Crippen LogP contribution in [0.5, 0.6) is 0 Å². The number of nitrogens with zero attached hydrogens (tertiary/aromatic N) is 2. The largest absolute Gasteiger partial charge is 0.480 e. The number of rotatable bonds is 5. The summed E-state index contributed by atoms with van der Waals surface area (Å²) < 4.78 is 24.3. The molecule has 1 N–H and O–H groups in total. The molecule has 0 radical (unpaired) electrons. The summed E-state index contributed by atoms with van der Waals surface area (Å²) in [5, 5.41) is 11.6. The van der Waals surface area contributed by atoms with Crippen molar-refractivity contribution in [3.63, 3.8) is 0 Å². The monoisotopic (exact) mass is 428 g/mol. The van der Waals surface area contributed by atoms with Gasteiger partial charge in [-0.2, -0.15) is 0 Å². The average Bonchev–Trinajstić information content (AvgIpc) is 2.92. The Balaban J connectivity index is 2.07. The first kappa shape index (κ1) is 19.4. The molecule has 0 aliphatic heterocycles. The van der Waals surface area contributed by atoms with Gasteiger partial charge in [-0.05, 0) is 42.3 Å². The van der Waals surface area contributed by atoms with Crippen molar-refractivity contribution < 1.29 is 18.3 Å². The third-order valence-corrected chi connectivity index (χ3v) is 5.84. The molecular formula is C21H17ClN2O4S. The predicted molar refractivity (Wildman–Crippen MR) is 114 cm³/mol. The molecule has 0 amide bonds. The summed E-state index contributed by atoms with van der Waals surface area (Å²) in [6.45, 7) is 1.70. The molecule has 29 heavy (non-hydrogen) atoms. The van der Waals surface area contributed by atoms with E-state index in [4.69, 9.17) is 11.6 Å². The van der Waals surface area contributed by atoms with Gasteiger partial charge in [0.25, 0.3) is 0 Å². The molecule has 148 valence electrons. The second-order valence-corrected chi connectivity index (χ2v) is 8.18. The van der Waals surface area contributed by atoms with Crippen molar-refractivity contribution in [2.45, 2.75) is 19.2 Å². The number of aliphatic carboxylic acids is 1. The molecule has 8 heteroatoms. The molecule has 0 bridgehead atoms. The molecule has 0 atom stereocenters. The van der Waals surface area contributed by atoms with Gasteiger partial charge in [0.2, 0.25) is 0 Å². The van der Waals surface area contributed by atoms with Crippen LogP contribution in [0.2, 0.25) is 5.02 Å². The second-order valence-electron chi connectivity index (χ2n) is 6.76. The van der Waals surface area contributed by atoms with E-state index in [1.165, 1.54) is 0 Å². The summed E-state index contributed by atoms with van der Waals surface area (Å²) in [6.07, 6.45) is 1.64. The number of hydrogen-bond acceptors (Lipinski definition) is 4. The van der Waals surface area contributed by atoms with E-state index in [0.717, 1.165) is 33.1 Å². The first-order valence-corrected chi connectivity index (χ1v) is 10.6. The lowest BCUT2D eigenvalue weighted by atomic mass is 9.97. The van der Waals surface area contributed by atoms with Gasteiger partial charge in [-0.15, -0.1) is 0 Å². The quantitative estimate of drug-likeness (QED) is 0.469. The van der Waals surface area contributed by atoms with Gasteiger partial charge < -0.3 is 9.67 Å². The van der Waals surface area contributed by atoms with Crippen LogP contribution in [-0.4, -0.2) is 29.0 Å². The maximum atomic E-state index is 11.4. The normalized spacial score (nSPS) is 11.6. The molecule has 6 nitrogen and oxygen atoms in total. The number of pyridine rings is 1. The summed E-state index contributed by atoms with van der Waals surface area (Å²) in [4.78, 5) is 15.8. The number of benzene rings is 2. The van der Waals surface area contributed by atoms with Crippen molar-refractivity contribution >= 4 is 50.1 Å². The number of thiol groups is 1. The summed E-state index contributed by atoms with van der Waals surface area (Å²) in [5.41, 5.74) is 4.52. The third kappa shape index (κ3) is 3.47. The SMILES string of the molecule is Cc1c(-c2ccnc3c(C[SH](=O)=O)cccc23)c2cc(Cl)ccc2n1CC(=O)O. The number of hydrogen-bond donors (Lipinski definition) is 2. The fraction of sp³-hybridized carbons (Fsp3) is 0.143. The smallest absolute Gasteiger partial charge is 0.323 e. The van der Waals surface area contributed by atoms with Crippen molar-refractivity contribution in [1.82, 2.24) is 9.55 Å². The van der Waals surface area contributed by atoms with E-state index in [1.54, 1.807) is 29.0 Å². The van der Waals surface area contributed by atoms with Crippen molar-refractivity contribution in [2.75, 3.05) is 0 Å². The first-order chi connectivity index (χ1) is 13.9. The maximum absolute atomic E-state index is 11.4. The van der Waals surface area contributed by atoms with E-state index in [2.05, 4.69) is 4.98 Å². The fourth-order valence-electron chi connectivity index (χ4n) is 3.86. The van der Waals surface area contributed by atoms with Gasteiger partial charge in [-0.1, -0.05) is 29.8 Å². The molecule has 0 unspecified atom stereocenters. The molecule has 2 aromatic carbocycles. The molecule has 0 saturated carbocycles. The Hall–Kier alpha value is -2.90. The van der Waals surface area contributed by atoms with E-state index in [9.17, 15) is 18.3 Å². The topological polar surface area (TPSA) is 89.3 Å². The van der Waals surface area contributed by atoms with E-state index < -0.39 is 16.7 Å². The highest BCUT2D eigenvalue weighted by atomic mass is 35.5. The molecule has 0 aliphatic carbocycles. The summed E-state index contributed by atoms with van der Waals surface area (Å²) in [7, 11) is -2.59. The van der Waals surface area contributed by atoms with E-state index in [1.807, 2.05) is 31.2 Å². The molecule has 2 heterocycles.